The van der Waals surface area contributed by atoms with Crippen molar-refractivity contribution in [1.29, 1.82) is 0 Å². The molecule has 3 aromatic rings. The van der Waals surface area contributed by atoms with Crippen LogP contribution in [0.25, 0.3) is 5.69 Å². The zero-order chi connectivity index (χ0) is 20.8. The maximum atomic E-state index is 13.2. The predicted molar refractivity (Wildman–Crippen MR) is 104 cm³/mol. The molecule has 8 nitrogen and oxygen atoms in total. The van der Waals surface area contributed by atoms with Crippen LogP contribution in [0.4, 0.5) is 4.39 Å². The van der Waals surface area contributed by atoms with Crippen LogP contribution in [0.5, 0.6) is 0 Å². The van der Waals surface area contributed by atoms with Gasteiger partial charge in [-0.25, -0.2) is 22.5 Å². The maximum Gasteiger partial charge on any atom is 0.256 e. The maximum absolute atomic E-state index is 13.2. The van der Waals surface area contributed by atoms with Gasteiger partial charge in [-0.1, -0.05) is 0 Å². The lowest BCUT2D eigenvalue weighted by Gasteiger charge is -2.27. The number of aromatic nitrogens is 4. The van der Waals surface area contributed by atoms with E-state index in [1.807, 2.05) is 6.92 Å². The number of hydrogen-bond acceptors (Lipinski definition) is 6. The van der Waals surface area contributed by atoms with Gasteiger partial charge in [0.2, 0.25) is 15.0 Å². The van der Waals surface area contributed by atoms with E-state index in [-0.39, 0.29) is 11.0 Å². The van der Waals surface area contributed by atoms with Crippen molar-refractivity contribution < 1.29 is 12.8 Å². The van der Waals surface area contributed by atoms with Crippen molar-refractivity contribution in [3.63, 3.8) is 0 Å². The normalized spacial score (nSPS) is 14.7. The molecular formula is C19H20FN5O3S. The second-order valence-corrected chi connectivity index (χ2v) is 9.10. The van der Waals surface area contributed by atoms with Gasteiger partial charge in [0.25, 0.3) is 5.56 Å². The largest absolute Gasteiger partial charge is 0.297 e. The highest BCUT2D eigenvalue weighted by atomic mass is 32.2. The van der Waals surface area contributed by atoms with Crippen LogP contribution in [0.15, 0.2) is 40.4 Å². The van der Waals surface area contributed by atoms with Gasteiger partial charge in [-0.05, 0) is 31.2 Å². The van der Waals surface area contributed by atoms with E-state index in [2.05, 4.69) is 20.0 Å². The lowest BCUT2D eigenvalue weighted by molar-refractivity contribution is 0.240. The number of nitrogens with one attached hydrogen (secondary N) is 1. The van der Waals surface area contributed by atoms with Crippen LogP contribution >= 0.6 is 0 Å². The van der Waals surface area contributed by atoms with Gasteiger partial charge in [-0.15, -0.1) is 0 Å². The molecule has 0 saturated heterocycles. The van der Waals surface area contributed by atoms with Crippen molar-refractivity contribution in [2.75, 3.05) is 12.8 Å². The molecule has 0 fully saturated rings. The van der Waals surface area contributed by atoms with Crippen LogP contribution in [-0.4, -0.2) is 45.9 Å². The minimum atomic E-state index is -3.57. The number of fused-ring (bicyclic) bond motifs is 1. The van der Waals surface area contributed by atoms with Gasteiger partial charge < -0.3 is 0 Å². The standard InChI is InChI=1S/C19H20FN5O3S/c1-12-13(9-21-25(12)15-5-3-14(20)4-6-15)10-24-8-7-17-16(11-24)18(26)23-19(22-17)29(2,27)28/h3-6,9H,7-8,10-11H2,1-2H3,(H,22,23,26). The molecule has 29 heavy (non-hydrogen) atoms. The fourth-order valence-electron chi connectivity index (χ4n) is 3.45. The quantitative estimate of drug-likeness (QED) is 0.644. The van der Waals surface area contributed by atoms with Crippen LogP contribution in [0.1, 0.15) is 22.5 Å². The number of halogens is 1. The highest BCUT2D eigenvalue weighted by Gasteiger charge is 2.24. The molecule has 10 heteroatoms. The van der Waals surface area contributed by atoms with Crippen LogP contribution in [-0.2, 0) is 29.3 Å². The summed E-state index contributed by atoms with van der Waals surface area (Å²) in [7, 11) is -3.57. The van der Waals surface area contributed by atoms with Crippen molar-refractivity contribution in [2.24, 2.45) is 0 Å². The number of nitrogens with zero attached hydrogens (tertiary/aromatic N) is 4. The van der Waals surface area contributed by atoms with Crippen molar-refractivity contribution >= 4 is 9.84 Å². The van der Waals surface area contributed by atoms with E-state index in [4.69, 9.17) is 0 Å². The minimum absolute atomic E-state index is 0.286. The molecule has 0 saturated carbocycles. The molecule has 1 aliphatic rings. The highest BCUT2D eigenvalue weighted by molar-refractivity contribution is 7.90. The Morgan fingerprint density at radius 2 is 1.97 bits per heavy atom. The Morgan fingerprint density at radius 1 is 1.24 bits per heavy atom. The molecule has 0 unspecified atom stereocenters. The molecule has 3 heterocycles. The van der Waals surface area contributed by atoms with Crippen LogP contribution in [0.3, 0.4) is 0 Å². The van der Waals surface area contributed by atoms with Crippen molar-refractivity contribution in [2.45, 2.75) is 31.6 Å². The highest BCUT2D eigenvalue weighted by Crippen LogP contribution is 2.20. The SMILES string of the molecule is Cc1c(CN2CCc3nc(S(C)(=O)=O)[nH]c(=O)c3C2)cnn1-c1ccc(F)cc1. The summed E-state index contributed by atoms with van der Waals surface area (Å²) in [5, 5.41) is 4.12. The lowest BCUT2D eigenvalue weighted by atomic mass is 10.1. The molecule has 0 amide bonds. The van der Waals surface area contributed by atoms with Gasteiger partial charge in [0.1, 0.15) is 5.82 Å². The van der Waals surface area contributed by atoms with Crippen LogP contribution < -0.4 is 5.56 Å². The second kappa shape index (κ2) is 7.20. The van der Waals surface area contributed by atoms with E-state index in [1.54, 1.807) is 23.0 Å². The van der Waals surface area contributed by atoms with Gasteiger partial charge in [0, 0.05) is 43.6 Å². The number of aromatic amines is 1. The first-order valence-electron chi connectivity index (χ1n) is 9.06. The summed E-state index contributed by atoms with van der Waals surface area (Å²) in [4.78, 5) is 21.0. The summed E-state index contributed by atoms with van der Waals surface area (Å²) in [6.07, 6.45) is 3.28. The number of rotatable bonds is 4. The summed E-state index contributed by atoms with van der Waals surface area (Å²) in [6.45, 7) is 3.55. The smallest absolute Gasteiger partial charge is 0.256 e. The molecule has 1 aromatic carbocycles. The van der Waals surface area contributed by atoms with E-state index in [0.717, 1.165) is 23.2 Å². The number of sulfone groups is 1. The molecule has 0 bridgehead atoms. The van der Waals surface area contributed by atoms with Gasteiger partial charge in [0.15, 0.2) is 0 Å². The van der Waals surface area contributed by atoms with E-state index >= 15 is 0 Å². The monoisotopic (exact) mass is 417 g/mol. The molecule has 0 atom stereocenters. The molecule has 2 aromatic heterocycles. The molecule has 0 aliphatic carbocycles. The Hall–Kier alpha value is -2.85. The molecule has 0 radical (unpaired) electrons. The molecule has 0 spiro atoms. The third-order valence-electron chi connectivity index (χ3n) is 5.05. The lowest BCUT2D eigenvalue weighted by Crippen LogP contribution is -2.36. The fraction of sp³-hybridized carbons (Fsp3) is 0.316. The zero-order valence-corrected chi connectivity index (χ0v) is 16.8. The zero-order valence-electron chi connectivity index (χ0n) is 16.0. The Balaban J connectivity index is 1.56. The van der Waals surface area contributed by atoms with Gasteiger partial charge >= 0.3 is 0 Å². The molecule has 152 valence electrons. The van der Waals surface area contributed by atoms with Gasteiger partial charge in [-0.2, -0.15) is 5.10 Å². The van der Waals surface area contributed by atoms with Gasteiger partial charge in [0.05, 0.1) is 23.1 Å². The molecule has 4 rings (SSSR count). The van der Waals surface area contributed by atoms with Crippen molar-refractivity contribution in [3.8, 4) is 5.69 Å². The average molecular weight is 417 g/mol. The van der Waals surface area contributed by atoms with E-state index in [0.29, 0.717) is 37.3 Å². The fourth-order valence-corrected chi connectivity index (χ4v) is 4.01. The van der Waals surface area contributed by atoms with Gasteiger partial charge in [-0.3, -0.25) is 14.7 Å². The Morgan fingerprint density at radius 3 is 2.66 bits per heavy atom. The summed E-state index contributed by atoms with van der Waals surface area (Å²) in [5.74, 6) is -0.302. The van der Waals surface area contributed by atoms with Crippen LogP contribution in [0, 0.1) is 12.7 Å². The molecule has 1 aliphatic heterocycles. The number of hydrogen-bond donors (Lipinski definition) is 1. The summed E-state index contributed by atoms with van der Waals surface area (Å²) in [6, 6.07) is 6.12. The van der Waals surface area contributed by atoms with Crippen molar-refractivity contribution in [1.82, 2.24) is 24.6 Å². The topological polar surface area (TPSA) is 101 Å². The van der Waals surface area contributed by atoms with Crippen molar-refractivity contribution in [3.05, 3.63) is 69.1 Å². The second-order valence-electron chi connectivity index (χ2n) is 7.17. The van der Waals surface area contributed by atoms with E-state index < -0.39 is 15.4 Å². The molecule has 1 N–H and O–H groups in total. The Bertz CT molecular complexity index is 1230. The third-order valence-corrected chi connectivity index (χ3v) is 5.95. The van der Waals surface area contributed by atoms with E-state index in [1.165, 1.54) is 12.1 Å². The first-order valence-corrected chi connectivity index (χ1v) is 11.0. The Kier molecular flexibility index (Phi) is 4.83. The first-order chi connectivity index (χ1) is 13.7. The molecular weight excluding hydrogens is 397 g/mol. The van der Waals surface area contributed by atoms with E-state index in [9.17, 15) is 17.6 Å². The number of H-pyrrole nitrogens is 1. The number of benzene rings is 1. The average Bonchev–Trinajstić information content (AvgIpc) is 3.02. The minimum Gasteiger partial charge on any atom is -0.297 e. The first kappa shape index (κ1) is 19.5. The Labute approximate surface area is 166 Å². The third kappa shape index (κ3) is 3.85. The summed E-state index contributed by atoms with van der Waals surface area (Å²) < 4.78 is 38.3. The van der Waals surface area contributed by atoms with Crippen LogP contribution in [0.2, 0.25) is 0 Å². The summed E-state index contributed by atoms with van der Waals surface area (Å²) >= 11 is 0. The predicted octanol–water partition coefficient (Wildman–Crippen LogP) is 1.36. The summed E-state index contributed by atoms with van der Waals surface area (Å²) in [5.41, 5.74) is 3.31.